The summed E-state index contributed by atoms with van der Waals surface area (Å²) in [6.07, 6.45) is 3.53. The number of aromatic nitrogens is 2. The molecular weight excluding hydrogens is 333 g/mol. The van der Waals surface area contributed by atoms with Crippen LogP contribution in [0, 0.1) is 5.82 Å². The summed E-state index contributed by atoms with van der Waals surface area (Å²) in [4.78, 5) is 10.9. The van der Waals surface area contributed by atoms with Gasteiger partial charge in [-0.3, -0.25) is 9.97 Å². The molecule has 3 nitrogen and oxygen atoms in total. The molecule has 0 fully saturated rings. The lowest BCUT2D eigenvalue weighted by Crippen LogP contribution is -2.17. The van der Waals surface area contributed by atoms with E-state index in [0.29, 0.717) is 6.54 Å². The molecule has 0 amide bonds. The van der Waals surface area contributed by atoms with Crippen molar-refractivity contribution >= 4 is 32.7 Å². The highest BCUT2D eigenvalue weighted by Crippen LogP contribution is 2.25. The van der Waals surface area contributed by atoms with Crippen LogP contribution in [0.5, 0.6) is 0 Å². The molecule has 0 atom stereocenters. The van der Waals surface area contributed by atoms with Gasteiger partial charge >= 0.3 is 0 Å². The van der Waals surface area contributed by atoms with Gasteiger partial charge in [0.25, 0.3) is 0 Å². The van der Waals surface area contributed by atoms with Crippen LogP contribution in [-0.2, 0) is 6.54 Å². The molecule has 2 aromatic heterocycles. The van der Waals surface area contributed by atoms with Gasteiger partial charge in [-0.2, -0.15) is 0 Å². The van der Waals surface area contributed by atoms with Crippen LogP contribution in [0.15, 0.2) is 53.3 Å². The van der Waals surface area contributed by atoms with E-state index in [0.717, 1.165) is 26.8 Å². The summed E-state index contributed by atoms with van der Waals surface area (Å²) in [5.74, 6) is -0.220. The van der Waals surface area contributed by atoms with E-state index in [9.17, 15) is 4.39 Å². The van der Waals surface area contributed by atoms with E-state index < -0.39 is 0 Å². The first kappa shape index (κ1) is 13.9. The van der Waals surface area contributed by atoms with Crippen molar-refractivity contribution in [3.8, 4) is 0 Å². The summed E-state index contributed by atoms with van der Waals surface area (Å²) in [5, 5.41) is 0. The maximum absolute atomic E-state index is 13.0. The zero-order valence-electron chi connectivity index (χ0n) is 11.4. The smallest absolute Gasteiger partial charge is 0.123 e. The Hall–Kier alpha value is -2.01. The molecule has 0 radical (unpaired) electrons. The zero-order chi connectivity index (χ0) is 14.8. The normalized spacial score (nSPS) is 10.8. The minimum absolute atomic E-state index is 0.220. The fraction of sp³-hybridized carbons (Fsp3) is 0.125. The molecule has 0 aliphatic rings. The highest BCUT2D eigenvalue weighted by Gasteiger charge is 2.09. The summed E-state index contributed by atoms with van der Waals surface area (Å²) in [6.45, 7) is 0.678. The van der Waals surface area contributed by atoms with E-state index in [1.807, 2.05) is 19.2 Å². The fourth-order valence-corrected chi connectivity index (χ4v) is 2.57. The third kappa shape index (κ3) is 3.03. The average molecular weight is 346 g/mol. The van der Waals surface area contributed by atoms with Crippen LogP contribution < -0.4 is 4.90 Å². The number of hydrogen-bond donors (Lipinski definition) is 0. The van der Waals surface area contributed by atoms with E-state index in [-0.39, 0.29) is 5.82 Å². The highest BCUT2D eigenvalue weighted by atomic mass is 79.9. The molecule has 3 aromatic rings. The lowest BCUT2D eigenvalue weighted by molar-refractivity contribution is 0.627. The summed E-state index contributed by atoms with van der Waals surface area (Å²) in [7, 11) is 1.99. The Bertz CT molecular complexity index is 774. The van der Waals surface area contributed by atoms with Gasteiger partial charge in [-0.25, -0.2) is 4.39 Å². The highest BCUT2D eigenvalue weighted by molar-refractivity contribution is 9.10. The second-order valence-corrected chi connectivity index (χ2v) is 5.75. The minimum Gasteiger partial charge on any atom is -0.368 e. The molecule has 3 rings (SSSR count). The summed E-state index contributed by atoms with van der Waals surface area (Å²) in [6, 6.07) is 10.4. The van der Waals surface area contributed by atoms with Gasteiger partial charge in [-0.05, 0) is 45.8 Å². The molecule has 0 aliphatic heterocycles. The second kappa shape index (κ2) is 5.77. The number of hydrogen-bond acceptors (Lipinski definition) is 3. The number of benzene rings is 1. The Kier molecular flexibility index (Phi) is 3.84. The average Bonchev–Trinajstić information content (AvgIpc) is 2.48. The van der Waals surface area contributed by atoms with Gasteiger partial charge in [-0.15, -0.1) is 0 Å². The molecule has 0 N–H and O–H groups in total. The fourth-order valence-electron chi connectivity index (χ4n) is 2.25. The van der Waals surface area contributed by atoms with Gasteiger partial charge in [0.05, 0.1) is 11.2 Å². The third-order valence-corrected chi connectivity index (χ3v) is 3.70. The van der Waals surface area contributed by atoms with Crippen molar-refractivity contribution < 1.29 is 4.39 Å². The van der Waals surface area contributed by atoms with E-state index in [4.69, 9.17) is 0 Å². The Morgan fingerprint density at radius 2 is 1.90 bits per heavy atom. The number of pyridine rings is 2. The van der Waals surface area contributed by atoms with Crippen molar-refractivity contribution in [1.29, 1.82) is 0 Å². The standard InChI is InChI=1S/C16H13BrFN3/c1-21(10-11-2-4-13(18)5-3-11)15-6-7-19-14-8-12(17)9-20-16(14)15/h2-9H,10H2,1H3. The van der Waals surface area contributed by atoms with Crippen LogP contribution in [0.4, 0.5) is 10.1 Å². The van der Waals surface area contributed by atoms with Gasteiger partial charge < -0.3 is 4.90 Å². The monoisotopic (exact) mass is 345 g/mol. The van der Waals surface area contributed by atoms with Gasteiger partial charge in [-0.1, -0.05) is 12.1 Å². The Labute approximate surface area is 130 Å². The van der Waals surface area contributed by atoms with Crippen LogP contribution in [0.3, 0.4) is 0 Å². The van der Waals surface area contributed by atoms with Crippen molar-refractivity contribution in [2.45, 2.75) is 6.54 Å². The maximum Gasteiger partial charge on any atom is 0.123 e. The molecular formula is C16H13BrFN3. The molecule has 0 spiro atoms. The Morgan fingerprint density at radius 3 is 2.67 bits per heavy atom. The lowest BCUT2D eigenvalue weighted by Gasteiger charge is -2.20. The van der Waals surface area contributed by atoms with Crippen LogP contribution in [0.25, 0.3) is 11.0 Å². The quantitative estimate of drug-likeness (QED) is 0.713. The van der Waals surface area contributed by atoms with Crippen molar-refractivity contribution in [1.82, 2.24) is 9.97 Å². The molecule has 0 saturated carbocycles. The molecule has 1 aromatic carbocycles. The molecule has 5 heteroatoms. The van der Waals surface area contributed by atoms with E-state index in [1.165, 1.54) is 12.1 Å². The lowest BCUT2D eigenvalue weighted by atomic mass is 10.2. The molecule has 106 valence electrons. The van der Waals surface area contributed by atoms with Gasteiger partial charge in [0.15, 0.2) is 0 Å². The van der Waals surface area contributed by atoms with Crippen molar-refractivity contribution in [2.24, 2.45) is 0 Å². The molecule has 0 saturated heterocycles. The van der Waals surface area contributed by atoms with Crippen molar-refractivity contribution in [2.75, 3.05) is 11.9 Å². The number of halogens is 2. The predicted molar refractivity (Wildman–Crippen MR) is 85.7 cm³/mol. The topological polar surface area (TPSA) is 29.0 Å². The summed E-state index contributed by atoms with van der Waals surface area (Å²) < 4.78 is 13.9. The van der Waals surface area contributed by atoms with Gasteiger partial charge in [0.1, 0.15) is 11.3 Å². The Morgan fingerprint density at radius 1 is 1.14 bits per heavy atom. The summed E-state index contributed by atoms with van der Waals surface area (Å²) in [5.41, 5.74) is 3.73. The van der Waals surface area contributed by atoms with Gasteiger partial charge in [0, 0.05) is 30.5 Å². The van der Waals surface area contributed by atoms with Crippen LogP contribution >= 0.6 is 15.9 Å². The van der Waals surface area contributed by atoms with E-state index in [2.05, 4.69) is 30.8 Å². The molecule has 0 aliphatic carbocycles. The third-order valence-electron chi connectivity index (χ3n) is 3.27. The second-order valence-electron chi connectivity index (χ2n) is 4.83. The van der Waals surface area contributed by atoms with Crippen LogP contribution in [0.1, 0.15) is 5.56 Å². The van der Waals surface area contributed by atoms with Crippen molar-refractivity contribution in [3.05, 3.63) is 64.6 Å². The minimum atomic E-state index is -0.220. The largest absolute Gasteiger partial charge is 0.368 e. The van der Waals surface area contributed by atoms with E-state index >= 15 is 0 Å². The van der Waals surface area contributed by atoms with Crippen LogP contribution in [0.2, 0.25) is 0 Å². The first-order valence-electron chi connectivity index (χ1n) is 6.49. The molecule has 21 heavy (non-hydrogen) atoms. The predicted octanol–water partition coefficient (Wildman–Crippen LogP) is 4.17. The SMILES string of the molecule is CN(Cc1ccc(F)cc1)c1ccnc2cc(Br)cnc12. The van der Waals surface area contributed by atoms with E-state index in [1.54, 1.807) is 24.5 Å². The molecule has 2 heterocycles. The van der Waals surface area contributed by atoms with Gasteiger partial charge in [0.2, 0.25) is 0 Å². The number of anilines is 1. The number of nitrogens with zero attached hydrogens (tertiary/aromatic N) is 3. The number of fused-ring (bicyclic) bond motifs is 1. The first-order chi connectivity index (χ1) is 10.1. The van der Waals surface area contributed by atoms with Crippen molar-refractivity contribution in [3.63, 3.8) is 0 Å². The number of rotatable bonds is 3. The zero-order valence-corrected chi connectivity index (χ0v) is 13.0. The molecule has 0 unspecified atom stereocenters. The Balaban J connectivity index is 1.94. The maximum atomic E-state index is 13.0. The molecule has 0 bridgehead atoms. The first-order valence-corrected chi connectivity index (χ1v) is 7.28. The van der Waals surface area contributed by atoms with Crippen LogP contribution in [-0.4, -0.2) is 17.0 Å². The summed E-state index contributed by atoms with van der Waals surface area (Å²) >= 11 is 3.40.